The summed E-state index contributed by atoms with van der Waals surface area (Å²) in [6.07, 6.45) is 2.40. The fraction of sp³-hybridized carbons (Fsp3) is 0.500. The number of carbonyl (C=O) groups is 1. The average Bonchev–Trinajstić information content (AvgIpc) is 2.67. The highest BCUT2D eigenvalue weighted by molar-refractivity contribution is 6.32. The van der Waals surface area contributed by atoms with Gasteiger partial charge in [0.2, 0.25) is 11.8 Å². The molecule has 0 unspecified atom stereocenters. The van der Waals surface area contributed by atoms with Gasteiger partial charge in [0.25, 0.3) is 0 Å². The number of aliphatic carboxylic acids is 1. The van der Waals surface area contributed by atoms with Gasteiger partial charge in [-0.3, -0.25) is 4.79 Å². The van der Waals surface area contributed by atoms with Crippen molar-refractivity contribution in [2.75, 3.05) is 37.9 Å². The number of carboxylic acids is 1. The number of likely N-dealkylation sites (N-methyl/N-ethyl adjacent to an activating group) is 1. The van der Waals surface area contributed by atoms with E-state index in [0.29, 0.717) is 34.9 Å². The van der Waals surface area contributed by atoms with Crippen molar-refractivity contribution in [3.05, 3.63) is 28.5 Å². The van der Waals surface area contributed by atoms with Crippen LogP contribution in [-0.2, 0) is 17.8 Å². The van der Waals surface area contributed by atoms with Crippen molar-refractivity contribution in [3.8, 4) is 5.88 Å². The second-order valence-electron chi connectivity index (χ2n) is 8.24. The molecule has 0 radical (unpaired) electrons. The largest absolute Gasteiger partial charge is 0.481 e. The van der Waals surface area contributed by atoms with Crippen LogP contribution >= 0.6 is 11.6 Å². The molecule has 30 heavy (non-hydrogen) atoms. The lowest BCUT2D eigenvalue weighted by Crippen LogP contribution is -2.27. The van der Waals surface area contributed by atoms with Gasteiger partial charge in [0.1, 0.15) is 10.7 Å². The first-order valence-electron chi connectivity index (χ1n) is 9.67. The summed E-state index contributed by atoms with van der Waals surface area (Å²) in [5, 5.41) is 15.7. The standard InChI is InChI=1S/C20H27ClN6O3/c1-20(2,8-16(28)29)11-23-17-13(21)9-22-19(26-17)25-15-7-12-10-27(3)6-5-14(12)24-18(15)30-4/h7,9H,5-6,8,10-11H2,1-4H3,(H,28,29)(H2,22,23,25,26). The van der Waals surface area contributed by atoms with Crippen LogP contribution in [-0.4, -0.2) is 58.2 Å². The molecule has 0 spiro atoms. The molecule has 0 aliphatic carbocycles. The van der Waals surface area contributed by atoms with Gasteiger partial charge in [-0.1, -0.05) is 25.4 Å². The molecule has 0 amide bonds. The van der Waals surface area contributed by atoms with Gasteiger partial charge in [-0.15, -0.1) is 0 Å². The number of nitrogens with one attached hydrogen (secondary N) is 2. The topological polar surface area (TPSA) is 112 Å². The summed E-state index contributed by atoms with van der Waals surface area (Å²) >= 11 is 6.23. The smallest absolute Gasteiger partial charge is 0.303 e. The lowest BCUT2D eigenvalue weighted by Gasteiger charge is -2.25. The monoisotopic (exact) mass is 434 g/mol. The third-order valence-corrected chi connectivity index (χ3v) is 5.15. The molecule has 3 heterocycles. The number of hydrogen-bond donors (Lipinski definition) is 3. The summed E-state index contributed by atoms with van der Waals surface area (Å²) in [7, 11) is 3.65. The first-order chi connectivity index (χ1) is 14.2. The second-order valence-corrected chi connectivity index (χ2v) is 8.65. The number of ether oxygens (including phenoxy) is 1. The molecule has 3 N–H and O–H groups in total. The minimum Gasteiger partial charge on any atom is -0.481 e. The molecule has 0 aromatic carbocycles. The molecule has 2 aromatic heterocycles. The van der Waals surface area contributed by atoms with Gasteiger partial charge in [-0.05, 0) is 24.1 Å². The number of anilines is 3. The van der Waals surface area contributed by atoms with E-state index in [4.69, 9.17) is 21.4 Å². The van der Waals surface area contributed by atoms with Crippen molar-refractivity contribution < 1.29 is 14.6 Å². The highest BCUT2D eigenvalue weighted by Crippen LogP contribution is 2.31. The van der Waals surface area contributed by atoms with E-state index in [1.54, 1.807) is 7.11 Å². The molecule has 1 aliphatic rings. The molecule has 0 bridgehead atoms. The number of fused-ring (bicyclic) bond motifs is 1. The van der Waals surface area contributed by atoms with Crippen LogP contribution in [0.2, 0.25) is 5.02 Å². The van der Waals surface area contributed by atoms with Crippen molar-refractivity contribution in [1.82, 2.24) is 19.9 Å². The molecule has 9 nitrogen and oxygen atoms in total. The normalized spacial score (nSPS) is 14.2. The fourth-order valence-corrected chi connectivity index (χ4v) is 3.46. The van der Waals surface area contributed by atoms with E-state index in [-0.39, 0.29) is 6.42 Å². The molecule has 2 aromatic rings. The Morgan fingerprint density at radius 1 is 1.40 bits per heavy atom. The molecular formula is C20H27ClN6O3. The number of rotatable bonds is 8. The number of nitrogens with zero attached hydrogens (tertiary/aromatic N) is 4. The summed E-state index contributed by atoms with van der Waals surface area (Å²) in [6, 6.07) is 2.01. The number of aromatic nitrogens is 3. The number of carboxylic acid groups (broad SMARTS) is 1. The van der Waals surface area contributed by atoms with Crippen LogP contribution in [0.1, 0.15) is 31.5 Å². The van der Waals surface area contributed by atoms with Gasteiger partial charge < -0.3 is 25.4 Å². The molecule has 0 saturated heterocycles. The summed E-state index contributed by atoms with van der Waals surface area (Å²) < 4.78 is 5.45. The zero-order valence-corrected chi connectivity index (χ0v) is 18.4. The molecule has 0 atom stereocenters. The van der Waals surface area contributed by atoms with Crippen LogP contribution in [0.3, 0.4) is 0 Å². The Labute approximate surface area is 180 Å². The highest BCUT2D eigenvalue weighted by Gasteiger charge is 2.23. The quantitative estimate of drug-likeness (QED) is 0.576. The van der Waals surface area contributed by atoms with Gasteiger partial charge >= 0.3 is 5.97 Å². The molecular weight excluding hydrogens is 408 g/mol. The van der Waals surface area contributed by atoms with Crippen LogP contribution in [0.4, 0.5) is 17.5 Å². The van der Waals surface area contributed by atoms with Crippen molar-refractivity contribution in [3.63, 3.8) is 0 Å². The Morgan fingerprint density at radius 3 is 2.87 bits per heavy atom. The Bertz CT molecular complexity index is 937. The van der Waals surface area contributed by atoms with Gasteiger partial charge in [0, 0.05) is 26.1 Å². The molecule has 162 valence electrons. The lowest BCUT2D eigenvalue weighted by molar-refractivity contribution is -0.139. The summed E-state index contributed by atoms with van der Waals surface area (Å²) in [6.45, 7) is 5.90. The van der Waals surface area contributed by atoms with Crippen molar-refractivity contribution >= 4 is 35.0 Å². The summed E-state index contributed by atoms with van der Waals surface area (Å²) in [5.41, 5.74) is 2.38. The lowest BCUT2D eigenvalue weighted by atomic mass is 9.89. The highest BCUT2D eigenvalue weighted by atomic mass is 35.5. The number of methoxy groups -OCH3 is 1. The molecule has 0 saturated carbocycles. The van der Waals surface area contributed by atoms with Crippen LogP contribution in [0.15, 0.2) is 12.3 Å². The predicted octanol–water partition coefficient (Wildman–Crippen LogP) is 3.18. The maximum atomic E-state index is 11.0. The average molecular weight is 435 g/mol. The van der Waals surface area contributed by atoms with Crippen LogP contribution in [0, 0.1) is 5.41 Å². The fourth-order valence-electron chi connectivity index (χ4n) is 3.31. The second kappa shape index (κ2) is 9.01. The summed E-state index contributed by atoms with van der Waals surface area (Å²) in [5.74, 6) is 0.393. The van der Waals surface area contributed by atoms with E-state index in [1.165, 1.54) is 6.20 Å². The molecule has 1 aliphatic heterocycles. The Morgan fingerprint density at radius 2 is 2.17 bits per heavy atom. The van der Waals surface area contributed by atoms with E-state index in [9.17, 15) is 4.79 Å². The number of halogens is 1. The Kier molecular flexibility index (Phi) is 6.62. The predicted molar refractivity (Wildman–Crippen MR) is 116 cm³/mol. The van der Waals surface area contributed by atoms with E-state index in [2.05, 4.69) is 37.5 Å². The first kappa shape index (κ1) is 22.0. The van der Waals surface area contributed by atoms with E-state index < -0.39 is 11.4 Å². The maximum absolute atomic E-state index is 11.0. The van der Waals surface area contributed by atoms with Gasteiger partial charge in [0.15, 0.2) is 5.82 Å². The van der Waals surface area contributed by atoms with E-state index >= 15 is 0 Å². The van der Waals surface area contributed by atoms with Crippen molar-refractivity contribution in [2.24, 2.45) is 5.41 Å². The number of hydrogen-bond acceptors (Lipinski definition) is 8. The van der Waals surface area contributed by atoms with Crippen molar-refractivity contribution in [1.29, 1.82) is 0 Å². The van der Waals surface area contributed by atoms with Gasteiger partial charge in [0.05, 0.1) is 25.4 Å². The van der Waals surface area contributed by atoms with Crippen LogP contribution in [0.25, 0.3) is 0 Å². The zero-order chi connectivity index (χ0) is 21.9. The molecule has 0 fully saturated rings. The molecule has 3 rings (SSSR count). The SMILES string of the molecule is COc1nc2c(cc1Nc1ncc(Cl)c(NCC(C)(C)CC(=O)O)n1)CN(C)CC2. The molecule has 10 heteroatoms. The van der Waals surface area contributed by atoms with Crippen molar-refractivity contribution in [2.45, 2.75) is 33.2 Å². The Hall–Kier alpha value is -2.65. The third-order valence-electron chi connectivity index (χ3n) is 4.87. The number of pyridine rings is 1. The van der Waals surface area contributed by atoms with Crippen LogP contribution < -0.4 is 15.4 Å². The van der Waals surface area contributed by atoms with Gasteiger partial charge in [-0.25, -0.2) is 9.97 Å². The minimum absolute atomic E-state index is 0.0280. The van der Waals surface area contributed by atoms with Gasteiger partial charge in [-0.2, -0.15) is 4.98 Å². The minimum atomic E-state index is -0.851. The first-order valence-corrected chi connectivity index (χ1v) is 10.1. The van der Waals surface area contributed by atoms with E-state index in [0.717, 1.165) is 30.8 Å². The zero-order valence-electron chi connectivity index (χ0n) is 17.6. The third kappa shape index (κ3) is 5.48. The van der Waals surface area contributed by atoms with E-state index in [1.807, 2.05) is 19.9 Å². The maximum Gasteiger partial charge on any atom is 0.303 e. The van der Waals surface area contributed by atoms with Crippen LogP contribution in [0.5, 0.6) is 5.88 Å². The Balaban J connectivity index is 1.80. The summed E-state index contributed by atoms with van der Waals surface area (Å²) in [4.78, 5) is 26.6.